The van der Waals surface area contributed by atoms with Crippen LogP contribution in [0.25, 0.3) is 0 Å². The third-order valence-corrected chi connectivity index (χ3v) is 4.44. The van der Waals surface area contributed by atoms with Crippen molar-refractivity contribution in [2.75, 3.05) is 17.4 Å². The van der Waals surface area contributed by atoms with E-state index in [4.69, 9.17) is 5.73 Å². The predicted molar refractivity (Wildman–Crippen MR) is 96.1 cm³/mol. The van der Waals surface area contributed by atoms with E-state index in [0.717, 1.165) is 11.3 Å². The van der Waals surface area contributed by atoms with E-state index >= 15 is 0 Å². The number of anilines is 2. The molecule has 0 bridgehead atoms. The maximum absolute atomic E-state index is 13.0. The second kappa shape index (κ2) is 5.96. The van der Waals surface area contributed by atoms with E-state index in [9.17, 15) is 4.79 Å². The first-order valence-corrected chi connectivity index (χ1v) is 8.43. The number of benzene rings is 2. The number of nitrogens with zero attached hydrogens (tertiary/aromatic N) is 2. The number of hydrogen-bond donors (Lipinski definition) is 2. The second-order valence-electron chi connectivity index (χ2n) is 5.41. The van der Waals surface area contributed by atoms with Crippen LogP contribution in [0.15, 0.2) is 59.6 Å². The van der Waals surface area contributed by atoms with Crippen LogP contribution >= 0.6 is 11.8 Å². The fourth-order valence-corrected chi connectivity index (χ4v) is 3.05. The Hall–Kier alpha value is -2.47. The molecule has 0 aliphatic carbocycles. The molecule has 2 aromatic carbocycles. The Morgan fingerprint density at radius 2 is 1.78 bits per heavy atom. The number of hydrazine groups is 1. The van der Waals surface area contributed by atoms with Crippen molar-refractivity contribution in [3.8, 4) is 0 Å². The Labute approximate surface area is 139 Å². The van der Waals surface area contributed by atoms with Crippen molar-refractivity contribution >= 4 is 34.2 Å². The van der Waals surface area contributed by atoms with Gasteiger partial charge in [-0.2, -0.15) is 5.01 Å². The average Bonchev–Trinajstić information content (AvgIpc) is 2.82. The standard InChI is InChI=1S/C17H18N4OS/c1-17(12-8-10-13(18)11-9-12)15(22)21(16(19-17)23-2)20-14-6-4-3-5-7-14/h3-11,20H,18H2,1-2H3. The molecule has 0 spiro atoms. The van der Waals surface area contributed by atoms with Gasteiger partial charge in [-0.1, -0.05) is 42.1 Å². The van der Waals surface area contributed by atoms with Gasteiger partial charge in [0, 0.05) is 5.69 Å². The van der Waals surface area contributed by atoms with Crippen LogP contribution in [0.4, 0.5) is 11.4 Å². The van der Waals surface area contributed by atoms with Crippen LogP contribution in [0.3, 0.4) is 0 Å². The molecule has 6 heteroatoms. The third-order valence-electron chi connectivity index (χ3n) is 3.80. The van der Waals surface area contributed by atoms with E-state index in [2.05, 4.69) is 10.4 Å². The molecule has 2 aromatic rings. The lowest BCUT2D eigenvalue weighted by molar-refractivity contribution is -0.129. The van der Waals surface area contributed by atoms with Crippen molar-refractivity contribution in [2.24, 2.45) is 4.99 Å². The second-order valence-corrected chi connectivity index (χ2v) is 6.18. The van der Waals surface area contributed by atoms with Gasteiger partial charge in [-0.25, -0.2) is 4.99 Å². The summed E-state index contributed by atoms with van der Waals surface area (Å²) in [7, 11) is 0. The molecule has 0 fully saturated rings. The molecule has 1 heterocycles. The first kappa shape index (κ1) is 15.4. The lowest BCUT2D eigenvalue weighted by Crippen LogP contribution is -2.42. The van der Waals surface area contributed by atoms with Gasteiger partial charge in [0.15, 0.2) is 10.7 Å². The maximum Gasteiger partial charge on any atom is 0.279 e. The summed E-state index contributed by atoms with van der Waals surface area (Å²) in [5, 5.41) is 2.15. The SMILES string of the molecule is CSC1=NC(C)(c2ccc(N)cc2)C(=O)N1Nc1ccccc1. The molecule has 1 aliphatic heterocycles. The highest BCUT2D eigenvalue weighted by Crippen LogP contribution is 2.35. The Bertz CT molecular complexity index is 745. The van der Waals surface area contributed by atoms with Gasteiger partial charge in [0.25, 0.3) is 5.91 Å². The van der Waals surface area contributed by atoms with E-state index in [0.29, 0.717) is 10.9 Å². The minimum Gasteiger partial charge on any atom is -0.399 e. The van der Waals surface area contributed by atoms with Crippen molar-refractivity contribution < 1.29 is 4.79 Å². The molecule has 23 heavy (non-hydrogen) atoms. The van der Waals surface area contributed by atoms with Crippen LogP contribution in [-0.2, 0) is 10.3 Å². The molecule has 0 aromatic heterocycles. The molecule has 1 aliphatic rings. The molecule has 3 N–H and O–H groups in total. The first-order chi connectivity index (χ1) is 11.0. The fourth-order valence-electron chi connectivity index (χ4n) is 2.47. The van der Waals surface area contributed by atoms with Gasteiger partial charge >= 0.3 is 0 Å². The number of aliphatic imine (C=N–C) groups is 1. The molecule has 1 atom stereocenters. The van der Waals surface area contributed by atoms with Crippen molar-refractivity contribution in [3.63, 3.8) is 0 Å². The molecule has 3 rings (SSSR count). The predicted octanol–water partition coefficient (Wildman–Crippen LogP) is 3.07. The molecule has 1 amide bonds. The smallest absolute Gasteiger partial charge is 0.279 e. The fraction of sp³-hybridized carbons (Fsp3) is 0.176. The summed E-state index contributed by atoms with van der Waals surface area (Å²) in [5.74, 6) is -0.115. The Morgan fingerprint density at radius 1 is 1.13 bits per heavy atom. The number of carbonyl (C=O) groups is 1. The monoisotopic (exact) mass is 326 g/mol. The largest absolute Gasteiger partial charge is 0.399 e. The van der Waals surface area contributed by atoms with E-state index < -0.39 is 5.54 Å². The van der Waals surface area contributed by atoms with E-state index in [-0.39, 0.29) is 5.91 Å². The zero-order chi connectivity index (χ0) is 16.4. The summed E-state index contributed by atoms with van der Waals surface area (Å²) in [5.41, 5.74) is 10.2. The van der Waals surface area contributed by atoms with Gasteiger partial charge in [0.2, 0.25) is 0 Å². The van der Waals surface area contributed by atoms with Crippen molar-refractivity contribution in [2.45, 2.75) is 12.5 Å². The Morgan fingerprint density at radius 3 is 2.39 bits per heavy atom. The number of thioether (sulfide) groups is 1. The third kappa shape index (κ3) is 2.77. The molecule has 0 saturated carbocycles. The van der Waals surface area contributed by atoms with Crippen LogP contribution in [0.5, 0.6) is 0 Å². The van der Waals surface area contributed by atoms with Crippen molar-refractivity contribution in [1.82, 2.24) is 5.01 Å². The van der Waals surface area contributed by atoms with Crippen LogP contribution in [0.2, 0.25) is 0 Å². The van der Waals surface area contributed by atoms with Gasteiger partial charge in [-0.05, 0) is 43.0 Å². The average molecular weight is 326 g/mol. The van der Waals surface area contributed by atoms with Gasteiger partial charge < -0.3 is 5.73 Å². The molecular weight excluding hydrogens is 308 g/mol. The highest BCUT2D eigenvalue weighted by Gasteiger charge is 2.46. The van der Waals surface area contributed by atoms with E-state index in [1.54, 1.807) is 12.1 Å². The summed E-state index contributed by atoms with van der Waals surface area (Å²) in [4.78, 5) is 17.6. The highest BCUT2D eigenvalue weighted by molar-refractivity contribution is 8.13. The number of nitrogens with one attached hydrogen (secondary N) is 1. The summed E-state index contributed by atoms with van der Waals surface area (Å²) in [6.45, 7) is 1.82. The number of hydrogen-bond acceptors (Lipinski definition) is 5. The van der Waals surface area contributed by atoms with Crippen LogP contribution in [0.1, 0.15) is 12.5 Å². The number of carbonyl (C=O) groups excluding carboxylic acids is 1. The number of para-hydroxylation sites is 1. The number of nitrogen functional groups attached to an aromatic ring is 1. The first-order valence-electron chi connectivity index (χ1n) is 7.21. The van der Waals surface area contributed by atoms with E-state index in [1.807, 2.05) is 55.6 Å². The molecule has 1 unspecified atom stereocenters. The highest BCUT2D eigenvalue weighted by atomic mass is 32.2. The summed E-state index contributed by atoms with van der Waals surface area (Å²) in [6.07, 6.45) is 1.90. The molecule has 5 nitrogen and oxygen atoms in total. The molecule has 0 radical (unpaired) electrons. The summed E-state index contributed by atoms with van der Waals surface area (Å²) < 4.78 is 0. The molecule has 118 valence electrons. The number of nitrogens with two attached hydrogens (primary N) is 1. The van der Waals surface area contributed by atoms with Gasteiger partial charge in [-0.3, -0.25) is 10.2 Å². The normalized spacial score (nSPS) is 20.5. The topological polar surface area (TPSA) is 70.7 Å². The van der Waals surface area contributed by atoms with E-state index in [1.165, 1.54) is 16.8 Å². The van der Waals surface area contributed by atoms with Crippen LogP contribution in [0, 0.1) is 0 Å². The van der Waals surface area contributed by atoms with Gasteiger partial charge in [-0.15, -0.1) is 0 Å². The number of amides is 1. The molecular formula is C17H18N4OS. The molecule has 0 saturated heterocycles. The van der Waals surface area contributed by atoms with Gasteiger partial charge in [0.05, 0.1) is 5.69 Å². The van der Waals surface area contributed by atoms with Crippen molar-refractivity contribution in [3.05, 3.63) is 60.2 Å². The lowest BCUT2D eigenvalue weighted by atomic mass is 9.92. The summed E-state index contributed by atoms with van der Waals surface area (Å²) >= 11 is 1.43. The Kier molecular flexibility index (Phi) is 4.00. The number of amidine groups is 1. The summed E-state index contributed by atoms with van der Waals surface area (Å²) in [6, 6.07) is 16.8. The Balaban J connectivity index is 1.94. The van der Waals surface area contributed by atoms with Crippen LogP contribution in [-0.4, -0.2) is 22.3 Å². The maximum atomic E-state index is 13.0. The lowest BCUT2D eigenvalue weighted by Gasteiger charge is -2.24. The van der Waals surface area contributed by atoms with Crippen molar-refractivity contribution in [1.29, 1.82) is 0 Å². The number of rotatable bonds is 3. The minimum atomic E-state index is -0.951. The minimum absolute atomic E-state index is 0.115. The quantitative estimate of drug-likeness (QED) is 0.851. The van der Waals surface area contributed by atoms with Crippen LogP contribution < -0.4 is 11.2 Å². The zero-order valence-corrected chi connectivity index (χ0v) is 13.8. The zero-order valence-electron chi connectivity index (χ0n) is 13.0. The van der Waals surface area contributed by atoms with Gasteiger partial charge in [0.1, 0.15) is 0 Å².